The fourth-order valence-electron chi connectivity index (χ4n) is 4.60. The molecule has 0 radical (unpaired) electrons. The van der Waals surface area contributed by atoms with Gasteiger partial charge in [-0.1, -0.05) is 24.9 Å². The van der Waals surface area contributed by atoms with Gasteiger partial charge in [0.15, 0.2) is 0 Å². The molecule has 1 aromatic rings. The summed E-state index contributed by atoms with van der Waals surface area (Å²) in [6.45, 7) is 5.09. The molecule has 0 spiro atoms. The van der Waals surface area contributed by atoms with Crippen LogP contribution in [0.3, 0.4) is 0 Å². The van der Waals surface area contributed by atoms with Gasteiger partial charge < -0.3 is 5.73 Å². The van der Waals surface area contributed by atoms with E-state index in [1.165, 1.54) is 25.7 Å². The first-order valence-corrected chi connectivity index (χ1v) is 8.99. The van der Waals surface area contributed by atoms with Gasteiger partial charge in [-0.05, 0) is 56.8 Å². The van der Waals surface area contributed by atoms with Crippen LogP contribution in [0.15, 0.2) is 0 Å². The maximum absolute atomic E-state index is 6.49. The summed E-state index contributed by atoms with van der Waals surface area (Å²) >= 11 is 6.49. The summed E-state index contributed by atoms with van der Waals surface area (Å²) in [5.41, 5.74) is 8.62. The SMILES string of the molecule is CCc1nn(CC)c(CC(N)CC2CC3CCC2C3)c1Cl. The van der Waals surface area contributed by atoms with Gasteiger partial charge in [0.2, 0.25) is 0 Å². The van der Waals surface area contributed by atoms with E-state index >= 15 is 0 Å². The molecular weight excluding hydrogens is 282 g/mol. The van der Waals surface area contributed by atoms with E-state index in [0.29, 0.717) is 0 Å². The highest BCUT2D eigenvalue weighted by Gasteiger charge is 2.39. The summed E-state index contributed by atoms with van der Waals surface area (Å²) < 4.78 is 2.04. The Labute approximate surface area is 133 Å². The van der Waals surface area contributed by atoms with Crippen molar-refractivity contribution in [1.82, 2.24) is 9.78 Å². The smallest absolute Gasteiger partial charge is 0.0850 e. The minimum atomic E-state index is 0.221. The summed E-state index contributed by atoms with van der Waals surface area (Å²) in [6.07, 6.45) is 8.70. The molecule has 4 atom stereocenters. The van der Waals surface area contributed by atoms with E-state index in [0.717, 1.165) is 60.0 Å². The van der Waals surface area contributed by atoms with E-state index in [9.17, 15) is 0 Å². The van der Waals surface area contributed by atoms with Crippen molar-refractivity contribution >= 4 is 11.6 Å². The molecule has 4 unspecified atom stereocenters. The zero-order valence-corrected chi connectivity index (χ0v) is 14.1. The summed E-state index contributed by atoms with van der Waals surface area (Å²) in [4.78, 5) is 0. The number of nitrogens with zero attached hydrogens (tertiary/aromatic N) is 2. The number of nitrogens with two attached hydrogens (primary N) is 1. The molecule has 2 saturated carbocycles. The van der Waals surface area contributed by atoms with E-state index in [1.54, 1.807) is 0 Å². The third kappa shape index (κ3) is 3.00. The van der Waals surface area contributed by atoms with Gasteiger partial charge in [0, 0.05) is 19.0 Å². The van der Waals surface area contributed by atoms with Crippen molar-refractivity contribution in [2.75, 3.05) is 0 Å². The van der Waals surface area contributed by atoms with Crippen molar-refractivity contribution in [3.8, 4) is 0 Å². The second-order valence-corrected chi connectivity index (χ2v) is 7.39. The number of aryl methyl sites for hydroxylation is 2. The van der Waals surface area contributed by atoms with Gasteiger partial charge in [0.1, 0.15) is 0 Å². The van der Waals surface area contributed by atoms with E-state index in [-0.39, 0.29) is 6.04 Å². The van der Waals surface area contributed by atoms with Crippen LogP contribution in [-0.2, 0) is 19.4 Å². The van der Waals surface area contributed by atoms with Gasteiger partial charge in [-0.15, -0.1) is 0 Å². The van der Waals surface area contributed by atoms with Crippen LogP contribution in [0.4, 0.5) is 0 Å². The fraction of sp³-hybridized carbons (Fsp3) is 0.824. The molecule has 4 heteroatoms. The van der Waals surface area contributed by atoms with Crippen LogP contribution in [0.1, 0.15) is 57.3 Å². The Hall–Kier alpha value is -0.540. The highest BCUT2D eigenvalue weighted by atomic mass is 35.5. The van der Waals surface area contributed by atoms with Crippen LogP contribution >= 0.6 is 11.6 Å². The third-order valence-electron chi connectivity index (χ3n) is 5.64. The Morgan fingerprint density at radius 2 is 2.14 bits per heavy atom. The lowest BCUT2D eigenvalue weighted by molar-refractivity contribution is 0.293. The number of fused-ring (bicyclic) bond motifs is 2. The number of hydrogen-bond acceptors (Lipinski definition) is 2. The Morgan fingerprint density at radius 3 is 2.71 bits per heavy atom. The molecule has 21 heavy (non-hydrogen) atoms. The van der Waals surface area contributed by atoms with E-state index in [1.807, 2.05) is 4.68 Å². The van der Waals surface area contributed by atoms with Crippen molar-refractivity contribution in [2.24, 2.45) is 23.5 Å². The maximum Gasteiger partial charge on any atom is 0.0850 e. The first-order valence-electron chi connectivity index (χ1n) is 8.61. The quantitative estimate of drug-likeness (QED) is 0.868. The predicted octanol–water partition coefficient (Wildman–Crippen LogP) is 3.81. The molecule has 1 aromatic heterocycles. The molecule has 3 nitrogen and oxygen atoms in total. The Balaban J connectivity index is 1.64. The number of rotatable bonds is 6. The molecule has 2 fully saturated rings. The first-order chi connectivity index (χ1) is 10.1. The van der Waals surface area contributed by atoms with Gasteiger partial charge in [-0.3, -0.25) is 4.68 Å². The molecule has 0 amide bonds. The van der Waals surface area contributed by atoms with Crippen LogP contribution in [0.5, 0.6) is 0 Å². The zero-order chi connectivity index (χ0) is 15.0. The first kappa shape index (κ1) is 15.4. The summed E-state index contributed by atoms with van der Waals surface area (Å²) in [7, 11) is 0. The molecule has 2 N–H and O–H groups in total. The third-order valence-corrected chi connectivity index (χ3v) is 6.08. The molecule has 2 aliphatic carbocycles. The molecular formula is C17H28ClN3. The van der Waals surface area contributed by atoms with Crippen molar-refractivity contribution in [3.63, 3.8) is 0 Å². The Kier molecular flexibility index (Phi) is 4.60. The summed E-state index contributed by atoms with van der Waals surface area (Å²) in [6, 6.07) is 0.221. The molecule has 0 aromatic carbocycles. The summed E-state index contributed by atoms with van der Waals surface area (Å²) in [5.74, 6) is 2.82. The molecule has 0 aliphatic heterocycles. The molecule has 118 valence electrons. The Morgan fingerprint density at radius 1 is 1.33 bits per heavy atom. The van der Waals surface area contributed by atoms with Crippen LogP contribution in [0, 0.1) is 17.8 Å². The highest BCUT2D eigenvalue weighted by molar-refractivity contribution is 6.31. The fourth-order valence-corrected chi connectivity index (χ4v) is 4.94. The van der Waals surface area contributed by atoms with E-state index in [4.69, 9.17) is 17.3 Å². The Bertz CT molecular complexity index is 496. The van der Waals surface area contributed by atoms with Gasteiger partial charge in [-0.25, -0.2) is 0 Å². The molecule has 2 aliphatic rings. The molecule has 1 heterocycles. The predicted molar refractivity (Wildman–Crippen MR) is 87.5 cm³/mol. The standard InChI is InChI=1S/C17H28ClN3/c1-3-15-17(18)16(21(4-2)20-15)10-14(19)9-13-8-11-5-6-12(13)7-11/h11-14H,3-10,19H2,1-2H3. The topological polar surface area (TPSA) is 43.8 Å². The second kappa shape index (κ2) is 6.29. The lowest BCUT2D eigenvalue weighted by Crippen LogP contribution is -2.29. The second-order valence-electron chi connectivity index (χ2n) is 7.01. The highest BCUT2D eigenvalue weighted by Crippen LogP contribution is 2.49. The van der Waals surface area contributed by atoms with Crippen molar-refractivity contribution in [3.05, 3.63) is 16.4 Å². The van der Waals surface area contributed by atoms with E-state index < -0.39 is 0 Å². The van der Waals surface area contributed by atoms with E-state index in [2.05, 4.69) is 18.9 Å². The summed E-state index contributed by atoms with van der Waals surface area (Å²) in [5, 5.41) is 5.45. The van der Waals surface area contributed by atoms with Crippen LogP contribution in [0.2, 0.25) is 5.02 Å². The number of hydrogen-bond donors (Lipinski definition) is 1. The van der Waals surface area contributed by atoms with Gasteiger partial charge in [0.05, 0.1) is 16.4 Å². The largest absolute Gasteiger partial charge is 0.327 e. The van der Waals surface area contributed by atoms with Gasteiger partial charge in [0.25, 0.3) is 0 Å². The minimum Gasteiger partial charge on any atom is -0.327 e. The van der Waals surface area contributed by atoms with Gasteiger partial charge in [-0.2, -0.15) is 5.10 Å². The normalized spacial score (nSPS) is 29.2. The monoisotopic (exact) mass is 309 g/mol. The van der Waals surface area contributed by atoms with Crippen LogP contribution < -0.4 is 5.73 Å². The number of aromatic nitrogens is 2. The van der Waals surface area contributed by atoms with Crippen LogP contribution in [0.25, 0.3) is 0 Å². The molecule has 0 saturated heterocycles. The van der Waals surface area contributed by atoms with Crippen molar-refractivity contribution in [2.45, 2.75) is 71.4 Å². The molecule has 3 rings (SSSR count). The maximum atomic E-state index is 6.49. The minimum absolute atomic E-state index is 0.221. The lowest BCUT2D eigenvalue weighted by atomic mass is 9.83. The number of halogens is 1. The average molecular weight is 310 g/mol. The van der Waals surface area contributed by atoms with Gasteiger partial charge >= 0.3 is 0 Å². The lowest BCUT2D eigenvalue weighted by Gasteiger charge is -2.24. The molecule has 2 bridgehead atoms. The average Bonchev–Trinajstić information content (AvgIpc) is 3.15. The van der Waals surface area contributed by atoms with Crippen LogP contribution in [-0.4, -0.2) is 15.8 Å². The van der Waals surface area contributed by atoms with Crippen molar-refractivity contribution < 1.29 is 0 Å². The zero-order valence-electron chi connectivity index (χ0n) is 13.3. The van der Waals surface area contributed by atoms with Crippen molar-refractivity contribution in [1.29, 1.82) is 0 Å².